The molecule has 0 atom stereocenters. The van der Waals surface area contributed by atoms with Gasteiger partial charge in [-0.15, -0.1) is 0 Å². The molecule has 0 aliphatic carbocycles. The topological polar surface area (TPSA) is 50.9 Å². The number of aliphatic hydroxyl groups excluding tert-OH is 1. The smallest absolute Gasteiger partial charge is 0.152 e. The molecule has 0 spiro atoms. The molecular formula is C10H9Cl2N3O. The highest BCUT2D eigenvalue weighted by molar-refractivity contribution is 6.33. The van der Waals surface area contributed by atoms with Crippen LogP contribution in [-0.4, -0.2) is 19.9 Å². The van der Waals surface area contributed by atoms with Crippen molar-refractivity contribution < 1.29 is 5.11 Å². The van der Waals surface area contributed by atoms with Crippen LogP contribution in [0.1, 0.15) is 11.4 Å². The zero-order valence-corrected chi connectivity index (χ0v) is 9.78. The monoisotopic (exact) mass is 257 g/mol. The summed E-state index contributed by atoms with van der Waals surface area (Å²) in [4.78, 5) is 3.91. The molecule has 84 valence electrons. The predicted octanol–water partition coefficient (Wildman–Crippen LogP) is 2.13. The van der Waals surface area contributed by atoms with E-state index in [0.717, 1.165) is 5.56 Å². The second-order valence-corrected chi connectivity index (χ2v) is 4.07. The fourth-order valence-electron chi connectivity index (χ4n) is 1.37. The quantitative estimate of drug-likeness (QED) is 0.917. The van der Waals surface area contributed by atoms with Crippen molar-refractivity contribution in [2.24, 2.45) is 0 Å². The molecule has 1 heterocycles. The Morgan fingerprint density at radius 1 is 1.31 bits per heavy atom. The van der Waals surface area contributed by atoms with Gasteiger partial charge in [-0.25, -0.2) is 9.67 Å². The van der Waals surface area contributed by atoms with Crippen LogP contribution >= 0.6 is 23.2 Å². The molecule has 4 nitrogen and oxygen atoms in total. The van der Waals surface area contributed by atoms with Crippen LogP contribution in [0.25, 0.3) is 0 Å². The summed E-state index contributed by atoms with van der Waals surface area (Å²) in [5, 5.41) is 14.3. The van der Waals surface area contributed by atoms with Crippen molar-refractivity contribution in [3.63, 3.8) is 0 Å². The van der Waals surface area contributed by atoms with Gasteiger partial charge in [-0.3, -0.25) is 0 Å². The van der Waals surface area contributed by atoms with Crippen molar-refractivity contribution >= 4 is 23.2 Å². The Labute approximate surface area is 102 Å². The fraction of sp³-hybridized carbons (Fsp3) is 0.200. The predicted molar refractivity (Wildman–Crippen MR) is 61.5 cm³/mol. The van der Waals surface area contributed by atoms with E-state index < -0.39 is 0 Å². The van der Waals surface area contributed by atoms with Crippen LogP contribution in [0.2, 0.25) is 10.0 Å². The highest BCUT2D eigenvalue weighted by Crippen LogP contribution is 2.21. The van der Waals surface area contributed by atoms with E-state index in [0.29, 0.717) is 22.4 Å². The third-order valence-electron chi connectivity index (χ3n) is 2.17. The standard InChI is InChI=1S/C10H9Cl2N3O/c11-8-1-2-9(12)7(3-8)4-15-10(5-16)13-6-14-15/h1-3,6,16H,4-5H2. The van der Waals surface area contributed by atoms with Crippen LogP contribution in [0, 0.1) is 0 Å². The number of benzene rings is 1. The van der Waals surface area contributed by atoms with E-state index in [2.05, 4.69) is 10.1 Å². The Balaban J connectivity index is 2.30. The average molecular weight is 258 g/mol. The number of hydrogen-bond acceptors (Lipinski definition) is 3. The maximum Gasteiger partial charge on any atom is 0.152 e. The first kappa shape index (κ1) is 11.4. The molecule has 2 rings (SSSR count). The molecule has 0 unspecified atom stereocenters. The molecule has 0 aliphatic rings. The first-order valence-electron chi connectivity index (χ1n) is 4.62. The molecule has 16 heavy (non-hydrogen) atoms. The number of halogens is 2. The first-order valence-corrected chi connectivity index (χ1v) is 5.38. The third kappa shape index (κ3) is 2.35. The van der Waals surface area contributed by atoms with Gasteiger partial charge < -0.3 is 5.11 Å². The van der Waals surface area contributed by atoms with Crippen LogP contribution in [0.4, 0.5) is 0 Å². The van der Waals surface area contributed by atoms with E-state index in [9.17, 15) is 0 Å². The van der Waals surface area contributed by atoms with Gasteiger partial charge in [-0.05, 0) is 23.8 Å². The van der Waals surface area contributed by atoms with Crippen molar-refractivity contribution in [2.45, 2.75) is 13.2 Å². The molecule has 0 fully saturated rings. The SMILES string of the molecule is OCc1ncnn1Cc1cc(Cl)ccc1Cl. The van der Waals surface area contributed by atoms with Gasteiger partial charge in [0.2, 0.25) is 0 Å². The van der Waals surface area contributed by atoms with E-state index in [1.807, 2.05) is 0 Å². The minimum Gasteiger partial charge on any atom is -0.388 e. The Kier molecular flexibility index (Phi) is 3.43. The molecule has 1 aromatic carbocycles. The minimum atomic E-state index is -0.155. The lowest BCUT2D eigenvalue weighted by atomic mass is 10.2. The summed E-state index contributed by atoms with van der Waals surface area (Å²) in [7, 11) is 0. The molecule has 0 radical (unpaired) electrons. The highest BCUT2D eigenvalue weighted by Gasteiger charge is 2.07. The number of aromatic nitrogens is 3. The molecule has 0 aliphatic heterocycles. The maximum atomic E-state index is 9.03. The van der Waals surface area contributed by atoms with E-state index in [1.54, 1.807) is 22.9 Å². The largest absolute Gasteiger partial charge is 0.388 e. The van der Waals surface area contributed by atoms with Crippen molar-refractivity contribution in [2.75, 3.05) is 0 Å². The zero-order valence-electron chi connectivity index (χ0n) is 8.27. The summed E-state index contributed by atoms with van der Waals surface area (Å²) in [6.07, 6.45) is 1.39. The summed E-state index contributed by atoms with van der Waals surface area (Å²) in [6.45, 7) is 0.285. The van der Waals surface area contributed by atoms with Gasteiger partial charge in [0.05, 0.1) is 6.54 Å². The lowest BCUT2D eigenvalue weighted by Gasteiger charge is -2.06. The molecule has 6 heteroatoms. The molecule has 0 saturated heterocycles. The van der Waals surface area contributed by atoms with Gasteiger partial charge in [-0.1, -0.05) is 23.2 Å². The number of aliphatic hydroxyl groups is 1. The number of rotatable bonds is 3. The molecule has 0 saturated carbocycles. The number of hydrogen-bond donors (Lipinski definition) is 1. The van der Waals surface area contributed by atoms with Crippen LogP contribution in [0.3, 0.4) is 0 Å². The van der Waals surface area contributed by atoms with E-state index in [4.69, 9.17) is 28.3 Å². The second kappa shape index (κ2) is 4.82. The molecule has 0 amide bonds. The van der Waals surface area contributed by atoms with Gasteiger partial charge >= 0.3 is 0 Å². The molecule has 1 aromatic heterocycles. The van der Waals surface area contributed by atoms with Crippen molar-refractivity contribution in [1.82, 2.24) is 14.8 Å². The second-order valence-electron chi connectivity index (χ2n) is 3.23. The minimum absolute atomic E-state index is 0.155. The van der Waals surface area contributed by atoms with Crippen LogP contribution in [0.5, 0.6) is 0 Å². The Bertz CT molecular complexity index is 499. The summed E-state index contributed by atoms with van der Waals surface area (Å²) >= 11 is 11.9. The number of nitrogens with zero attached hydrogens (tertiary/aromatic N) is 3. The Morgan fingerprint density at radius 3 is 2.88 bits per heavy atom. The van der Waals surface area contributed by atoms with Crippen molar-refractivity contribution in [1.29, 1.82) is 0 Å². The first-order chi connectivity index (χ1) is 7.70. The van der Waals surface area contributed by atoms with Crippen LogP contribution in [0.15, 0.2) is 24.5 Å². The van der Waals surface area contributed by atoms with E-state index >= 15 is 0 Å². The van der Waals surface area contributed by atoms with Gasteiger partial charge in [0, 0.05) is 10.0 Å². The molecular weight excluding hydrogens is 249 g/mol. The summed E-state index contributed by atoms with van der Waals surface area (Å²) in [6, 6.07) is 5.23. The van der Waals surface area contributed by atoms with E-state index in [-0.39, 0.29) is 6.61 Å². The molecule has 1 N–H and O–H groups in total. The van der Waals surface area contributed by atoms with Crippen LogP contribution in [-0.2, 0) is 13.2 Å². The Morgan fingerprint density at radius 2 is 2.12 bits per heavy atom. The van der Waals surface area contributed by atoms with Gasteiger partial charge in [0.1, 0.15) is 12.9 Å². The van der Waals surface area contributed by atoms with E-state index in [1.165, 1.54) is 6.33 Å². The molecule has 0 bridgehead atoms. The van der Waals surface area contributed by atoms with Gasteiger partial charge in [0.15, 0.2) is 5.82 Å². The van der Waals surface area contributed by atoms with Gasteiger partial charge in [0.25, 0.3) is 0 Å². The van der Waals surface area contributed by atoms with Crippen LogP contribution < -0.4 is 0 Å². The zero-order chi connectivity index (χ0) is 11.5. The fourth-order valence-corrected chi connectivity index (χ4v) is 1.74. The van der Waals surface area contributed by atoms with Crippen molar-refractivity contribution in [3.05, 3.63) is 46.0 Å². The molecule has 2 aromatic rings. The van der Waals surface area contributed by atoms with Crippen molar-refractivity contribution in [3.8, 4) is 0 Å². The van der Waals surface area contributed by atoms with Gasteiger partial charge in [-0.2, -0.15) is 5.10 Å². The summed E-state index contributed by atoms with van der Waals surface area (Å²) < 4.78 is 1.58. The summed E-state index contributed by atoms with van der Waals surface area (Å²) in [5.41, 5.74) is 0.842. The summed E-state index contributed by atoms with van der Waals surface area (Å²) in [5.74, 6) is 0.496. The average Bonchev–Trinajstić information content (AvgIpc) is 2.71. The Hall–Kier alpha value is -1.10. The lowest BCUT2D eigenvalue weighted by Crippen LogP contribution is -2.07. The normalized spacial score (nSPS) is 10.7. The lowest BCUT2D eigenvalue weighted by molar-refractivity contribution is 0.264. The highest BCUT2D eigenvalue weighted by atomic mass is 35.5. The third-order valence-corrected chi connectivity index (χ3v) is 2.77. The maximum absolute atomic E-state index is 9.03.